The molecule has 1 fully saturated rings. The maximum absolute atomic E-state index is 12.1. The molecule has 3 heterocycles. The highest BCUT2D eigenvalue weighted by molar-refractivity contribution is 5.93. The normalized spacial score (nSPS) is 15.2. The summed E-state index contributed by atoms with van der Waals surface area (Å²) in [6.07, 6.45) is 5.27. The van der Waals surface area contributed by atoms with E-state index in [-0.39, 0.29) is 12.5 Å². The highest BCUT2D eigenvalue weighted by Crippen LogP contribution is 2.11. The number of likely N-dealkylation sites (tertiary alicyclic amines) is 1. The number of nitrogens with one attached hydrogen (secondary N) is 2. The Morgan fingerprint density at radius 3 is 2.83 bits per heavy atom. The van der Waals surface area contributed by atoms with Gasteiger partial charge in [-0.3, -0.25) is 9.69 Å². The molecule has 0 bridgehead atoms. The van der Waals surface area contributed by atoms with Crippen molar-refractivity contribution in [2.24, 2.45) is 0 Å². The van der Waals surface area contributed by atoms with Gasteiger partial charge in [0.1, 0.15) is 5.82 Å². The second-order valence-corrected chi connectivity index (χ2v) is 5.81. The van der Waals surface area contributed by atoms with Crippen LogP contribution in [0.3, 0.4) is 0 Å². The Balaban J connectivity index is 1.49. The maximum atomic E-state index is 12.1. The highest BCUT2D eigenvalue weighted by Gasteiger charge is 2.15. The van der Waals surface area contributed by atoms with Gasteiger partial charge in [0.15, 0.2) is 5.82 Å². The van der Waals surface area contributed by atoms with Crippen molar-refractivity contribution in [3.63, 3.8) is 0 Å². The fourth-order valence-electron chi connectivity index (χ4n) is 2.68. The third-order valence-corrected chi connectivity index (χ3v) is 4.01. The summed E-state index contributed by atoms with van der Waals surface area (Å²) in [4.78, 5) is 22.8. The minimum absolute atomic E-state index is 0.208. The first kappa shape index (κ1) is 16.4. The summed E-state index contributed by atoms with van der Waals surface area (Å²) < 4.78 is 5.20. The van der Waals surface area contributed by atoms with Crippen LogP contribution in [0, 0.1) is 0 Å². The van der Waals surface area contributed by atoms with Gasteiger partial charge < -0.3 is 15.2 Å². The van der Waals surface area contributed by atoms with Crippen LogP contribution in [-0.2, 0) is 13.1 Å². The minimum atomic E-state index is -0.221. The third-order valence-electron chi connectivity index (χ3n) is 4.01. The number of piperidine rings is 1. The van der Waals surface area contributed by atoms with Crippen molar-refractivity contribution < 1.29 is 9.32 Å². The molecule has 0 aromatic carbocycles. The number of carbonyl (C=O) groups excluding carboxylic acids is 1. The number of hydrogen-bond donors (Lipinski definition) is 2. The Kier molecular flexibility index (Phi) is 5.37. The van der Waals surface area contributed by atoms with E-state index in [0.717, 1.165) is 13.1 Å². The zero-order valence-corrected chi connectivity index (χ0v) is 13.8. The monoisotopic (exact) mass is 330 g/mol. The van der Waals surface area contributed by atoms with Gasteiger partial charge in [-0.2, -0.15) is 4.98 Å². The number of rotatable bonds is 6. The van der Waals surface area contributed by atoms with Gasteiger partial charge in [-0.25, -0.2) is 4.98 Å². The van der Waals surface area contributed by atoms with Crippen molar-refractivity contribution in [1.82, 2.24) is 25.3 Å². The van der Waals surface area contributed by atoms with E-state index in [4.69, 9.17) is 4.52 Å². The summed E-state index contributed by atoms with van der Waals surface area (Å²) in [6.45, 7) is 3.07. The molecule has 1 aliphatic rings. The molecule has 8 nitrogen and oxygen atoms in total. The SMILES string of the molecule is CNc1ccc(C(=O)NCc2nc(CN3CCCCC3)no2)cn1. The molecule has 2 N–H and O–H groups in total. The summed E-state index contributed by atoms with van der Waals surface area (Å²) in [5, 5.41) is 9.65. The van der Waals surface area contributed by atoms with Crippen LogP contribution in [0.25, 0.3) is 0 Å². The Morgan fingerprint density at radius 2 is 2.12 bits per heavy atom. The van der Waals surface area contributed by atoms with Crippen LogP contribution >= 0.6 is 0 Å². The van der Waals surface area contributed by atoms with Crippen molar-refractivity contribution >= 4 is 11.7 Å². The van der Waals surface area contributed by atoms with Gasteiger partial charge in [0.05, 0.1) is 18.7 Å². The van der Waals surface area contributed by atoms with Gasteiger partial charge in [-0.05, 0) is 38.1 Å². The van der Waals surface area contributed by atoms with E-state index in [0.29, 0.717) is 29.6 Å². The molecule has 0 unspecified atom stereocenters. The van der Waals surface area contributed by atoms with Gasteiger partial charge in [-0.1, -0.05) is 11.6 Å². The first-order valence-electron chi connectivity index (χ1n) is 8.20. The quantitative estimate of drug-likeness (QED) is 0.827. The number of nitrogens with zero attached hydrogens (tertiary/aromatic N) is 4. The Bertz CT molecular complexity index is 663. The fraction of sp³-hybridized carbons (Fsp3) is 0.500. The molecule has 0 radical (unpaired) electrons. The van der Waals surface area contributed by atoms with E-state index < -0.39 is 0 Å². The average molecular weight is 330 g/mol. The molecule has 0 spiro atoms. The van der Waals surface area contributed by atoms with Gasteiger partial charge in [0, 0.05) is 13.2 Å². The summed E-state index contributed by atoms with van der Waals surface area (Å²) in [5.74, 6) is 1.57. The number of hydrogen-bond acceptors (Lipinski definition) is 7. The van der Waals surface area contributed by atoms with Gasteiger partial charge >= 0.3 is 0 Å². The molecule has 128 valence electrons. The van der Waals surface area contributed by atoms with E-state index in [2.05, 4.69) is 30.7 Å². The molecule has 0 atom stereocenters. The van der Waals surface area contributed by atoms with Crippen molar-refractivity contribution in [2.45, 2.75) is 32.4 Å². The van der Waals surface area contributed by atoms with E-state index in [1.165, 1.54) is 25.5 Å². The van der Waals surface area contributed by atoms with E-state index in [9.17, 15) is 4.79 Å². The molecule has 1 aliphatic heterocycles. The number of pyridine rings is 1. The Morgan fingerprint density at radius 1 is 1.29 bits per heavy atom. The number of amides is 1. The van der Waals surface area contributed by atoms with Crippen molar-refractivity contribution in [2.75, 3.05) is 25.5 Å². The molecule has 2 aromatic rings. The molecule has 8 heteroatoms. The fourth-order valence-corrected chi connectivity index (χ4v) is 2.68. The van der Waals surface area contributed by atoms with E-state index >= 15 is 0 Å². The lowest BCUT2D eigenvalue weighted by molar-refractivity contribution is 0.0946. The van der Waals surface area contributed by atoms with Crippen LogP contribution in [-0.4, -0.2) is 46.1 Å². The van der Waals surface area contributed by atoms with Crippen LogP contribution in [0.2, 0.25) is 0 Å². The summed E-state index contributed by atoms with van der Waals surface area (Å²) in [5.41, 5.74) is 0.488. The van der Waals surface area contributed by atoms with Crippen molar-refractivity contribution in [1.29, 1.82) is 0 Å². The molecule has 0 saturated carbocycles. The standard InChI is InChI=1S/C16H22N6O2/c1-17-13-6-5-12(9-18-13)16(23)19-10-15-20-14(21-24-15)11-22-7-3-2-4-8-22/h5-6,9H,2-4,7-8,10-11H2,1H3,(H,17,18)(H,19,23). The Hall–Kier alpha value is -2.48. The lowest BCUT2D eigenvalue weighted by atomic mass is 10.1. The summed E-state index contributed by atoms with van der Waals surface area (Å²) in [6, 6.07) is 3.46. The van der Waals surface area contributed by atoms with Gasteiger partial charge in [0.2, 0.25) is 5.89 Å². The molecule has 0 aliphatic carbocycles. The number of carbonyl (C=O) groups is 1. The van der Waals surface area contributed by atoms with Crippen molar-refractivity contribution in [3.8, 4) is 0 Å². The van der Waals surface area contributed by atoms with Crippen LogP contribution in [0.5, 0.6) is 0 Å². The van der Waals surface area contributed by atoms with Crippen LogP contribution in [0.1, 0.15) is 41.3 Å². The van der Waals surface area contributed by atoms with Crippen LogP contribution in [0.15, 0.2) is 22.9 Å². The molecule has 1 amide bonds. The first-order chi connectivity index (χ1) is 11.7. The lowest BCUT2D eigenvalue weighted by Crippen LogP contribution is -2.29. The molecular formula is C16H22N6O2. The van der Waals surface area contributed by atoms with Crippen LogP contribution < -0.4 is 10.6 Å². The zero-order chi connectivity index (χ0) is 16.8. The predicted octanol–water partition coefficient (Wildman–Crippen LogP) is 1.42. The molecule has 24 heavy (non-hydrogen) atoms. The summed E-state index contributed by atoms with van der Waals surface area (Å²) in [7, 11) is 1.78. The number of anilines is 1. The number of aromatic nitrogens is 3. The Labute approximate surface area is 140 Å². The minimum Gasteiger partial charge on any atom is -0.373 e. The average Bonchev–Trinajstić information content (AvgIpc) is 3.08. The van der Waals surface area contributed by atoms with E-state index in [1.807, 2.05) is 0 Å². The van der Waals surface area contributed by atoms with Crippen LogP contribution in [0.4, 0.5) is 5.82 Å². The second kappa shape index (κ2) is 7.87. The topological polar surface area (TPSA) is 96.2 Å². The molecule has 1 saturated heterocycles. The van der Waals surface area contributed by atoms with E-state index in [1.54, 1.807) is 19.2 Å². The third kappa shape index (κ3) is 4.29. The predicted molar refractivity (Wildman–Crippen MR) is 88.4 cm³/mol. The zero-order valence-electron chi connectivity index (χ0n) is 13.8. The van der Waals surface area contributed by atoms with Gasteiger partial charge in [0.25, 0.3) is 5.91 Å². The van der Waals surface area contributed by atoms with Crippen molar-refractivity contribution in [3.05, 3.63) is 35.6 Å². The lowest BCUT2D eigenvalue weighted by Gasteiger charge is -2.24. The molecule has 2 aromatic heterocycles. The summed E-state index contributed by atoms with van der Waals surface area (Å²) >= 11 is 0. The second-order valence-electron chi connectivity index (χ2n) is 5.81. The first-order valence-corrected chi connectivity index (χ1v) is 8.20. The van der Waals surface area contributed by atoms with Gasteiger partial charge in [-0.15, -0.1) is 0 Å². The largest absolute Gasteiger partial charge is 0.373 e. The smallest absolute Gasteiger partial charge is 0.253 e. The highest BCUT2D eigenvalue weighted by atomic mass is 16.5. The molecular weight excluding hydrogens is 308 g/mol. The molecule has 3 rings (SSSR count). The maximum Gasteiger partial charge on any atom is 0.253 e.